The molecule has 0 aliphatic carbocycles. The molecule has 0 radical (unpaired) electrons. The summed E-state index contributed by atoms with van der Waals surface area (Å²) in [7, 11) is 0. The van der Waals surface area contributed by atoms with Gasteiger partial charge in [0, 0.05) is 6.92 Å². The minimum atomic E-state index is -2.68. The first-order valence-electron chi connectivity index (χ1n) is 18.5. The summed E-state index contributed by atoms with van der Waals surface area (Å²) < 4.78 is 56.0. The van der Waals surface area contributed by atoms with E-state index < -0.39 is 193 Å². The van der Waals surface area contributed by atoms with Crippen molar-refractivity contribution in [2.75, 3.05) is 39.6 Å². The second kappa shape index (κ2) is 20.3. The largest absolute Gasteiger partial charge is 0.463 e. The molecular formula is C32H54O27. The van der Waals surface area contributed by atoms with Crippen LogP contribution in [-0.4, -0.2) is 274 Å². The zero-order valence-corrected chi connectivity index (χ0v) is 31.2. The first-order chi connectivity index (χ1) is 27.9. The molecule has 0 spiro atoms. The molecule has 0 amide bonds. The molecular weight excluding hydrogens is 816 g/mol. The van der Waals surface area contributed by atoms with E-state index in [4.69, 9.17) is 47.4 Å². The molecule has 5 heterocycles. The van der Waals surface area contributed by atoms with Gasteiger partial charge in [-0.05, 0) is 0 Å². The molecule has 0 unspecified atom stereocenters. The average Bonchev–Trinajstić information content (AvgIpc) is 3.46. The van der Waals surface area contributed by atoms with Crippen LogP contribution in [0.2, 0.25) is 0 Å². The molecule has 59 heavy (non-hydrogen) atoms. The highest BCUT2D eigenvalue weighted by Crippen LogP contribution is 2.40. The topological polar surface area (TPSA) is 433 Å². The summed E-state index contributed by atoms with van der Waals surface area (Å²) in [4.78, 5) is 11.8. The van der Waals surface area contributed by atoms with Gasteiger partial charge in [-0.2, -0.15) is 0 Å². The summed E-state index contributed by atoms with van der Waals surface area (Å²) in [6.45, 7) is -4.82. The van der Waals surface area contributed by atoms with E-state index >= 15 is 0 Å². The third-order valence-corrected chi connectivity index (χ3v) is 10.7. The molecule has 5 rings (SSSR count). The number of aliphatic hydroxyl groups is 16. The van der Waals surface area contributed by atoms with E-state index in [0.717, 1.165) is 6.92 Å². The van der Waals surface area contributed by atoms with E-state index in [9.17, 15) is 86.5 Å². The van der Waals surface area contributed by atoms with Gasteiger partial charge in [0.15, 0.2) is 25.2 Å². The fourth-order valence-electron chi connectivity index (χ4n) is 7.25. The van der Waals surface area contributed by atoms with Crippen LogP contribution >= 0.6 is 0 Å². The van der Waals surface area contributed by atoms with Gasteiger partial charge in [-0.3, -0.25) is 4.79 Å². The van der Waals surface area contributed by atoms with Gasteiger partial charge in [-0.1, -0.05) is 0 Å². The van der Waals surface area contributed by atoms with Crippen LogP contribution in [0, 0.1) is 0 Å². The molecule has 0 aromatic carbocycles. The lowest BCUT2D eigenvalue weighted by molar-refractivity contribution is -0.423. The summed E-state index contributed by atoms with van der Waals surface area (Å²) in [6.07, 6.45) is -44.8. The van der Waals surface area contributed by atoms with Crippen LogP contribution in [-0.2, 0) is 52.2 Å². The molecule has 0 aromatic rings. The fraction of sp³-hybridized carbons (Fsp3) is 0.969. The Morgan fingerprint density at radius 1 is 0.475 bits per heavy atom. The van der Waals surface area contributed by atoms with Gasteiger partial charge in [0.05, 0.1) is 26.4 Å². The van der Waals surface area contributed by atoms with Gasteiger partial charge in [0.25, 0.3) is 0 Å². The van der Waals surface area contributed by atoms with Crippen molar-refractivity contribution < 1.29 is 134 Å². The number of carbonyl (C=O) groups excluding carboxylic acids is 1. The molecule has 5 fully saturated rings. The summed E-state index contributed by atoms with van der Waals surface area (Å²) in [5.74, 6) is -3.57. The zero-order chi connectivity index (χ0) is 43.7. The highest BCUT2D eigenvalue weighted by molar-refractivity contribution is 5.65. The Kier molecular flexibility index (Phi) is 16.7. The number of hydrogen-bond donors (Lipinski definition) is 16. The van der Waals surface area contributed by atoms with Crippen LogP contribution in [0.3, 0.4) is 0 Å². The molecule has 24 atom stereocenters. The van der Waals surface area contributed by atoms with Gasteiger partial charge < -0.3 is 129 Å². The quantitative estimate of drug-likeness (QED) is 0.0679. The Hall–Kier alpha value is -1.53. The van der Waals surface area contributed by atoms with Crippen LogP contribution in [0.1, 0.15) is 6.92 Å². The lowest BCUT2D eigenvalue weighted by Crippen LogP contribution is -2.69. The van der Waals surface area contributed by atoms with Crippen LogP contribution in [0.5, 0.6) is 0 Å². The van der Waals surface area contributed by atoms with Crippen molar-refractivity contribution in [2.45, 2.75) is 154 Å². The number of aliphatic hydroxyl groups excluding tert-OH is 16. The Bertz CT molecular complexity index is 1330. The maximum absolute atomic E-state index is 11.8. The lowest BCUT2D eigenvalue weighted by Gasteiger charge is -2.50. The van der Waals surface area contributed by atoms with Crippen LogP contribution in [0.4, 0.5) is 0 Å². The fourth-order valence-corrected chi connectivity index (χ4v) is 7.25. The van der Waals surface area contributed by atoms with Gasteiger partial charge in [-0.15, -0.1) is 0 Å². The molecule has 16 N–H and O–H groups in total. The van der Waals surface area contributed by atoms with Crippen molar-refractivity contribution in [3.8, 4) is 0 Å². The number of rotatable bonds is 15. The predicted octanol–water partition coefficient (Wildman–Crippen LogP) is -11.4. The smallest absolute Gasteiger partial charge is 0.302 e. The maximum Gasteiger partial charge on any atom is 0.302 e. The van der Waals surface area contributed by atoms with Crippen LogP contribution in [0.15, 0.2) is 0 Å². The van der Waals surface area contributed by atoms with E-state index in [1.54, 1.807) is 0 Å². The van der Waals surface area contributed by atoms with E-state index in [1.807, 2.05) is 0 Å². The molecule has 27 heteroatoms. The predicted molar refractivity (Wildman–Crippen MR) is 176 cm³/mol. The van der Waals surface area contributed by atoms with E-state index in [-0.39, 0.29) is 0 Å². The van der Waals surface area contributed by atoms with Crippen LogP contribution in [0.25, 0.3) is 0 Å². The number of ether oxygens (including phenoxy) is 10. The SMILES string of the molecule is CC(=O)OC[C@H]1O[C@H](O[C@]2(CO)O[C@H](CO)[C@@H](O)[C@@H]2O)[C@H](O[C@@H]2O[C@H](CO)[C@@H](O)[C@H](O)[C@H]2O)[C@@H](O[C@@H]2O[C@H](CO)[C@@H](O[C@@H]3O[C@H](CO)[C@@H](O)[C@H](O)[C@H]3O)[C@H](O)[C@H]2O)[C@@H]1O. The van der Waals surface area contributed by atoms with Crippen molar-refractivity contribution in [3.05, 3.63) is 0 Å². The second-order valence-electron chi connectivity index (χ2n) is 14.6. The van der Waals surface area contributed by atoms with E-state index in [1.165, 1.54) is 0 Å². The molecule has 27 nitrogen and oxygen atoms in total. The highest BCUT2D eigenvalue weighted by Gasteiger charge is 2.61. The zero-order valence-electron chi connectivity index (χ0n) is 31.2. The molecule has 0 saturated carbocycles. The maximum atomic E-state index is 11.8. The standard InChI is InChI=1S/C32H54O27/c1-8(38)50-6-13-16(41)25(56-30-23(48)20(45)24(12(5-36)53-30)55-28-21(46)18(43)14(39)9(2-33)51-28)26(57-29-22(47)19(44)15(40)10(3-34)52-29)31(54-13)59-32(7-37)27(49)17(42)11(4-35)58-32/h9-31,33-37,39-49H,2-7H2,1H3/t9-,10-,11-,12-,13-,14-,15-,16-,17-,18+,19+,20-,21-,22-,23-,24-,25+,26-,27+,28+,29+,30+,31-,32+/m1/s1. The second-order valence-corrected chi connectivity index (χ2v) is 14.6. The van der Waals surface area contributed by atoms with Crippen molar-refractivity contribution in [1.82, 2.24) is 0 Å². The summed E-state index contributed by atoms with van der Waals surface area (Å²) >= 11 is 0. The van der Waals surface area contributed by atoms with Gasteiger partial charge >= 0.3 is 5.97 Å². The van der Waals surface area contributed by atoms with Gasteiger partial charge in [0.1, 0.15) is 129 Å². The summed E-state index contributed by atoms with van der Waals surface area (Å²) in [5, 5.41) is 168. The van der Waals surface area contributed by atoms with E-state index in [2.05, 4.69) is 0 Å². The molecule has 344 valence electrons. The van der Waals surface area contributed by atoms with Gasteiger partial charge in [0.2, 0.25) is 5.79 Å². The van der Waals surface area contributed by atoms with Crippen molar-refractivity contribution in [1.29, 1.82) is 0 Å². The van der Waals surface area contributed by atoms with Crippen LogP contribution < -0.4 is 0 Å². The summed E-state index contributed by atoms with van der Waals surface area (Å²) in [5.41, 5.74) is 0. The highest BCUT2D eigenvalue weighted by atomic mass is 16.8. The normalized spacial score (nSPS) is 50.8. The monoisotopic (exact) mass is 870 g/mol. The Balaban J connectivity index is 1.49. The first kappa shape index (κ1) is 48.5. The molecule has 0 aromatic heterocycles. The number of carbonyl (C=O) groups is 1. The van der Waals surface area contributed by atoms with Crippen molar-refractivity contribution in [3.63, 3.8) is 0 Å². The molecule has 5 aliphatic heterocycles. The third-order valence-electron chi connectivity index (χ3n) is 10.7. The van der Waals surface area contributed by atoms with Crippen molar-refractivity contribution >= 4 is 5.97 Å². The summed E-state index contributed by atoms with van der Waals surface area (Å²) in [6, 6.07) is 0. The molecule has 0 bridgehead atoms. The van der Waals surface area contributed by atoms with Gasteiger partial charge in [-0.25, -0.2) is 0 Å². The number of esters is 1. The van der Waals surface area contributed by atoms with Crippen molar-refractivity contribution in [2.24, 2.45) is 0 Å². The minimum absolute atomic E-state index is 0.800. The lowest BCUT2D eigenvalue weighted by atomic mass is 9.95. The van der Waals surface area contributed by atoms with E-state index in [0.29, 0.717) is 0 Å². The average molecular weight is 871 g/mol. The Morgan fingerprint density at radius 2 is 0.915 bits per heavy atom. The Labute approximate surface area is 333 Å². The molecule has 5 aliphatic rings. The first-order valence-corrected chi connectivity index (χ1v) is 18.5. The third kappa shape index (κ3) is 9.84. The Morgan fingerprint density at radius 3 is 1.37 bits per heavy atom. The number of hydrogen-bond acceptors (Lipinski definition) is 27. The molecule has 5 saturated heterocycles. The minimum Gasteiger partial charge on any atom is -0.463 e.